The van der Waals surface area contributed by atoms with Gasteiger partial charge in [-0.05, 0) is 68.5 Å². The number of hydrogen-bond acceptors (Lipinski definition) is 10. The van der Waals surface area contributed by atoms with Gasteiger partial charge in [-0.25, -0.2) is 9.78 Å². The van der Waals surface area contributed by atoms with Gasteiger partial charge in [-0.2, -0.15) is 0 Å². The molecule has 3 aromatic rings. The molecule has 2 aromatic carbocycles. The van der Waals surface area contributed by atoms with E-state index in [1.807, 2.05) is 56.4 Å². The number of aryl methyl sites for hydroxylation is 2. The maximum absolute atomic E-state index is 14.0. The second-order valence-electron chi connectivity index (χ2n) is 11.6. The molecule has 4 N–H and O–H groups in total. The number of esters is 1. The molecule has 5 rings (SSSR count). The number of carbonyl (C=O) groups excluding carboxylic acids is 3. The number of allylic oxidation sites excluding steroid dienone is 1. The lowest BCUT2D eigenvalue weighted by Gasteiger charge is -2.25. The van der Waals surface area contributed by atoms with Crippen LogP contribution >= 0.6 is 0 Å². The van der Waals surface area contributed by atoms with Gasteiger partial charge in [0.25, 0.3) is 5.60 Å². The topological polar surface area (TPSA) is 150 Å². The van der Waals surface area contributed by atoms with E-state index in [1.54, 1.807) is 24.4 Å². The molecule has 10 nitrogen and oxygen atoms in total. The van der Waals surface area contributed by atoms with Crippen LogP contribution in [0.2, 0.25) is 0 Å². The third-order valence-corrected chi connectivity index (χ3v) is 8.58. The summed E-state index contributed by atoms with van der Waals surface area (Å²) in [5.41, 5.74) is -0.380. The number of ether oxygens (including phenoxy) is 2. The number of aliphatic hydroxyl groups is 2. The molecule has 1 aromatic heterocycles. The van der Waals surface area contributed by atoms with Gasteiger partial charge in [-0.15, -0.1) is 0 Å². The van der Waals surface area contributed by atoms with Gasteiger partial charge in [0.05, 0.1) is 19.4 Å². The molecule has 45 heavy (non-hydrogen) atoms. The van der Waals surface area contributed by atoms with E-state index in [9.17, 15) is 24.6 Å². The monoisotopic (exact) mass is 613 g/mol. The summed E-state index contributed by atoms with van der Waals surface area (Å²) in [5, 5.41) is 27.1. The van der Waals surface area contributed by atoms with E-state index < -0.39 is 34.8 Å². The highest BCUT2D eigenvalue weighted by atomic mass is 16.7. The molecule has 0 amide bonds. The first-order valence-electron chi connectivity index (χ1n) is 15.2. The summed E-state index contributed by atoms with van der Waals surface area (Å²) >= 11 is 0. The minimum atomic E-state index is -2.18. The molecule has 2 aliphatic rings. The second kappa shape index (κ2) is 13.8. The maximum Gasteiger partial charge on any atom is 0.350 e. The van der Waals surface area contributed by atoms with Crippen LogP contribution in [0.5, 0.6) is 0 Å². The van der Waals surface area contributed by atoms with E-state index >= 15 is 0 Å². The lowest BCUT2D eigenvalue weighted by Crippen LogP contribution is -2.51. The molecule has 1 aliphatic heterocycles. The maximum atomic E-state index is 14.0. The van der Waals surface area contributed by atoms with E-state index in [1.165, 1.54) is 6.07 Å². The number of carbonyl (C=O) groups is 3. The molecule has 1 saturated heterocycles. The molecule has 0 spiro atoms. The van der Waals surface area contributed by atoms with Crippen molar-refractivity contribution in [3.63, 3.8) is 0 Å². The summed E-state index contributed by atoms with van der Waals surface area (Å²) in [5.74, 6) is -1.45. The van der Waals surface area contributed by atoms with Crippen LogP contribution in [-0.4, -0.2) is 77.0 Å². The van der Waals surface area contributed by atoms with Gasteiger partial charge >= 0.3 is 5.97 Å². The Bertz CT molecular complexity index is 1590. The first-order valence-corrected chi connectivity index (χ1v) is 15.2. The van der Waals surface area contributed by atoms with Crippen molar-refractivity contribution in [2.45, 2.75) is 56.3 Å². The number of ketones is 2. The van der Waals surface area contributed by atoms with Gasteiger partial charge in [0.2, 0.25) is 5.78 Å². The van der Waals surface area contributed by atoms with Crippen LogP contribution in [0.15, 0.2) is 84.1 Å². The van der Waals surface area contributed by atoms with E-state index in [2.05, 4.69) is 15.6 Å². The van der Waals surface area contributed by atoms with Gasteiger partial charge in [0.15, 0.2) is 11.4 Å². The highest BCUT2D eigenvalue weighted by Gasteiger charge is 2.85. The van der Waals surface area contributed by atoms with Crippen molar-refractivity contribution in [3.8, 4) is 0 Å². The highest BCUT2D eigenvalue weighted by molar-refractivity contribution is 6.32. The number of anilines is 1. The number of epoxide rings is 1. The third kappa shape index (κ3) is 6.46. The average Bonchev–Trinajstić information content (AvgIpc) is 3.77. The van der Waals surface area contributed by atoms with Crippen LogP contribution in [0.1, 0.15) is 58.0 Å². The quantitative estimate of drug-likeness (QED) is 0.0660. The number of rotatable bonds is 15. The normalized spacial score (nSPS) is 21.3. The van der Waals surface area contributed by atoms with Crippen LogP contribution in [-0.2, 0) is 27.1 Å². The molecule has 0 bridgehead atoms. The van der Waals surface area contributed by atoms with Crippen molar-refractivity contribution in [3.05, 3.63) is 106 Å². The van der Waals surface area contributed by atoms with Crippen LogP contribution in [0.3, 0.4) is 0 Å². The Morgan fingerprint density at radius 2 is 1.71 bits per heavy atom. The minimum absolute atomic E-state index is 0.0869. The number of aromatic nitrogens is 1. The van der Waals surface area contributed by atoms with Gasteiger partial charge in [-0.3, -0.25) is 9.59 Å². The Balaban J connectivity index is 1.34. The number of benzene rings is 2. The zero-order valence-corrected chi connectivity index (χ0v) is 25.5. The fourth-order valence-corrected chi connectivity index (χ4v) is 5.89. The summed E-state index contributed by atoms with van der Waals surface area (Å²) in [6.07, 6.45) is 2.72. The zero-order chi connectivity index (χ0) is 32.0. The van der Waals surface area contributed by atoms with Crippen molar-refractivity contribution in [2.75, 3.05) is 32.2 Å². The lowest BCUT2D eigenvalue weighted by atomic mass is 9.71. The van der Waals surface area contributed by atoms with E-state index in [-0.39, 0.29) is 30.8 Å². The lowest BCUT2D eigenvalue weighted by molar-refractivity contribution is -0.151. The van der Waals surface area contributed by atoms with Gasteiger partial charge in [0, 0.05) is 23.7 Å². The van der Waals surface area contributed by atoms with Crippen LogP contribution in [0, 0.1) is 0 Å². The number of hydrogen-bond donors (Lipinski definition) is 4. The molecule has 0 radical (unpaired) electrons. The molecule has 10 heteroatoms. The van der Waals surface area contributed by atoms with Crippen molar-refractivity contribution >= 4 is 23.4 Å². The molecule has 0 unspecified atom stereocenters. The molecular formula is C35H39N3O7. The van der Waals surface area contributed by atoms with Crippen molar-refractivity contribution in [1.82, 2.24) is 10.3 Å². The van der Waals surface area contributed by atoms with E-state index in [0.29, 0.717) is 37.9 Å². The van der Waals surface area contributed by atoms with Gasteiger partial charge in [0.1, 0.15) is 12.4 Å². The molecule has 3 atom stereocenters. The van der Waals surface area contributed by atoms with Crippen molar-refractivity contribution in [2.24, 2.45) is 0 Å². The van der Waals surface area contributed by atoms with Crippen LogP contribution in [0.4, 0.5) is 5.82 Å². The Morgan fingerprint density at radius 3 is 2.42 bits per heavy atom. The van der Waals surface area contributed by atoms with Gasteiger partial charge < -0.3 is 30.3 Å². The first kappa shape index (κ1) is 32.2. The van der Waals surface area contributed by atoms with E-state index in [4.69, 9.17) is 9.47 Å². The summed E-state index contributed by atoms with van der Waals surface area (Å²) in [6, 6.07) is 19.8. The summed E-state index contributed by atoms with van der Waals surface area (Å²) in [6.45, 7) is 1.69. The Morgan fingerprint density at radius 1 is 1.00 bits per heavy atom. The van der Waals surface area contributed by atoms with Crippen LogP contribution in [0.25, 0.3) is 0 Å². The predicted molar refractivity (Wildman–Crippen MR) is 168 cm³/mol. The van der Waals surface area contributed by atoms with Crippen LogP contribution < -0.4 is 10.6 Å². The summed E-state index contributed by atoms with van der Waals surface area (Å²) in [4.78, 5) is 45.8. The largest absolute Gasteiger partial charge is 0.460 e. The van der Waals surface area contributed by atoms with Gasteiger partial charge in [-0.1, -0.05) is 60.2 Å². The Hall–Kier alpha value is -4.22. The smallest absolute Gasteiger partial charge is 0.350 e. The van der Waals surface area contributed by atoms with E-state index in [0.717, 1.165) is 22.5 Å². The Labute approximate surface area is 262 Å². The molecular weight excluding hydrogens is 574 g/mol. The number of fused-ring (bicyclic) bond motifs is 2. The number of Topliss-reactive ketones (excluding diaryl/α,β-unsaturated/α-hetero) is 2. The minimum Gasteiger partial charge on any atom is -0.460 e. The summed E-state index contributed by atoms with van der Waals surface area (Å²) < 4.78 is 11.4. The fourth-order valence-electron chi connectivity index (χ4n) is 5.89. The Kier molecular flexibility index (Phi) is 9.89. The molecule has 2 heterocycles. The number of aliphatic hydroxyl groups excluding tert-OH is 2. The summed E-state index contributed by atoms with van der Waals surface area (Å²) in [7, 11) is 1.83. The number of nitrogens with zero attached hydrogens (tertiary/aromatic N) is 1. The molecule has 0 saturated carbocycles. The van der Waals surface area contributed by atoms with Crippen molar-refractivity contribution < 1.29 is 34.1 Å². The SMILES string of the molecule is CNCNc1cc(CC/C(C)=C(\CO)C[C@@]23O[C@]2(C(=O)OC[C@H](O)CCc2ccccc2)C(=O)c2ccccc2C3=O)ccn1. The predicted octanol–water partition coefficient (Wildman–Crippen LogP) is 3.43. The number of nitrogens with one attached hydrogen (secondary N) is 2. The highest BCUT2D eigenvalue weighted by Crippen LogP contribution is 2.59. The zero-order valence-electron chi connectivity index (χ0n) is 25.5. The first-order chi connectivity index (χ1) is 21.8. The molecule has 1 fully saturated rings. The standard InChI is InChI=1S/C35H39N3O7/c1-23(12-13-25-16-17-37-30(18-25)38-22-36-2)26(20-39)19-34-31(41)28-10-6-7-11-29(28)32(42)35(34,45-34)33(43)44-21-27(40)15-14-24-8-4-3-5-9-24/h3-11,16-18,27,36,39-40H,12-15,19-22H2,1-2H3,(H,37,38)/b26-23-/t27-,34+,35+/m1/s1. The van der Waals surface area contributed by atoms with Crippen molar-refractivity contribution in [1.29, 1.82) is 0 Å². The molecule has 236 valence electrons. The fraction of sp³-hybridized carbons (Fsp3) is 0.371. The number of pyridine rings is 1. The average molecular weight is 614 g/mol. The second-order valence-corrected chi connectivity index (χ2v) is 11.6. The third-order valence-electron chi connectivity index (χ3n) is 8.58. The molecule has 1 aliphatic carbocycles.